The smallest absolute Gasteiger partial charge is 0.164 e. The Balaban J connectivity index is 1.90. The summed E-state index contributed by atoms with van der Waals surface area (Å²) < 4.78 is 19.3. The van der Waals surface area contributed by atoms with Crippen LogP contribution < -0.4 is 5.32 Å². The van der Waals surface area contributed by atoms with E-state index in [9.17, 15) is 9.18 Å². The van der Waals surface area contributed by atoms with Crippen molar-refractivity contribution in [3.05, 3.63) is 58.9 Å². The van der Waals surface area contributed by atoms with Crippen molar-refractivity contribution in [3.8, 4) is 11.3 Å². The maximum Gasteiger partial charge on any atom is 0.164 e. The van der Waals surface area contributed by atoms with Crippen molar-refractivity contribution in [1.82, 2.24) is 5.32 Å². The molecule has 1 N–H and O–H groups in total. The van der Waals surface area contributed by atoms with E-state index in [0.717, 1.165) is 31.3 Å². The second kappa shape index (κ2) is 6.69. The van der Waals surface area contributed by atoms with Crippen LogP contribution in [0.15, 0.2) is 40.8 Å². The maximum absolute atomic E-state index is 13.3. The topological polar surface area (TPSA) is 42.2 Å². The lowest BCUT2D eigenvalue weighted by molar-refractivity contribution is 0.101. The molecule has 1 saturated heterocycles. The van der Waals surface area contributed by atoms with Gasteiger partial charge in [0.2, 0.25) is 0 Å². The Bertz CT molecular complexity index is 966. The first kappa shape index (κ1) is 17.0. The highest BCUT2D eigenvalue weighted by Gasteiger charge is 2.23. The van der Waals surface area contributed by atoms with Crippen LogP contribution >= 0.6 is 0 Å². The maximum atomic E-state index is 13.3. The number of Topliss-reactive ketones (excluding diaryl/α,β-unsaturated/α-hetero) is 1. The molecule has 4 heteroatoms. The van der Waals surface area contributed by atoms with E-state index in [1.165, 1.54) is 23.3 Å². The predicted molar refractivity (Wildman–Crippen MR) is 101 cm³/mol. The Morgan fingerprint density at radius 3 is 2.65 bits per heavy atom. The van der Waals surface area contributed by atoms with Gasteiger partial charge in [0.25, 0.3) is 0 Å². The molecule has 1 aliphatic rings. The van der Waals surface area contributed by atoms with E-state index in [4.69, 9.17) is 4.42 Å². The Hall–Kier alpha value is -2.46. The fourth-order valence-electron chi connectivity index (χ4n) is 3.97. The summed E-state index contributed by atoms with van der Waals surface area (Å²) in [5.41, 5.74) is 4.46. The largest absolute Gasteiger partial charge is 0.455 e. The lowest BCUT2D eigenvalue weighted by Crippen LogP contribution is -2.28. The molecule has 0 spiro atoms. The van der Waals surface area contributed by atoms with E-state index in [-0.39, 0.29) is 11.6 Å². The van der Waals surface area contributed by atoms with Crippen molar-refractivity contribution < 1.29 is 13.6 Å². The third-order valence-corrected chi connectivity index (χ3v) is 5.27. The van der Waals surface area contributed by atoms with Crippen LogP contribution in [0.3, 0.4) is 0 Å². The number of carbonyl (C=O) groups is 1. The van der Waals surface area contributed by atoms with Gasteiger partial charge in [-0.05, 0) is 86.7 Å². The molecule has 1 unspecified atom stereocenters. The highest BCUT2D eigenvalue weighted by molar-refractivity contribution is 6.11. The summed E-state index contributed by atoms with van der Waals surface area (Å²) in [7, 11) is 0. The molecule has 0 aliphatic carbocycles. The first-order valence-electron chi connectivity index (χ1n) is 9.09. The number of hydrogen-bond donors (Lipinski definition) is 1. The molecule has 0 radical (unpaired) electrons. The molecule has 3 aromatic rings. The summed E-state index contributed by atoms with van der Waals surface area (Å²) in [5, 5.41) is 4.31. The molecule has 134 valence electrons. The van der Waals surface area contributed by atoms with Gasteiger partial charge in [0.1, 0.15) is 17.2 Å². The molecular weight excluding hydrogens is 329 g/mol. The van der Waals surface area contributed by atoms with Crippen LogP contribution in [-0.4, -0.2) is 18.9 Å². The number of aryl methyl sites for hydroxylation is 1. The van der Waals surface area contributed by atoms with Crippen LogP contribution in [0, 0.1) is 12.7 Å². The zero-order valence-corrected chi connectivity index (χ0v) is 15.1. The van der Waals surface area contributed by atoms with Gasteiger partial charge in [0, 0.05) is 17.5 Å². The first-order chi connectivity index (χ1) is 12.5. The van der Waals surface area contributed by atoms with Crippen molar-refractivity contribution in [2.75, 3.05) is 13.1 Å². The summed E-state index contributed by atoms with van der Waals surface area (Å²) in [6, 6.07) is 10.2. The Labute approximate surface area is 152 Å². The molecule has 1 atom stereocenters. The van der Waals surface area contributed by atoms with Crippen LogP contribution in [0.1, 0.15) is 47.2 Å². The average Bonchev–Trinajstić information content (AvgIpc) is 3.00. The molecule has 1 fully saturated rings. The lowest BCUT2D eigenvalue weighted by Gasteiger charge is -2.24. The molecule has 0 bridgehead atoms. The number of hydrogen-bond acceptors (Lipinski definition) is 3. The zero-order valence-electron chi connectivity index (χ0n) is 15.1. The van der Waals surface area contributed by atoms with Gasteiger partial charge >= 0.3 is 0 Å². The molecule has 0 saturated carbocycles. The zero-order chi connectivity index (χ0) is 18.3. The minimum Gasteiger partial charge on any atom is -0.455 e. The minimum absolute atomic E-state index is 0.0420. The third kappa shape index (κ3) is 2.95. The molecule has 26 heavy (non-hydrogen) atoms. The normalized spacial score (nSPS) is 17.6. The molecule has 2 aromatic carbocycles. The lowest BCUT2D eigenvalue weighted by atomic mass is 9.87. The van der Waals surface area contributed by atoms with Gasteiger partial charge in [0.05, 0.1) is 5.56 Å². The SMILES string of the molecule is CC(=O)c1c(-c2ccc(F)cc2)oc2cc(C)c(C3CCCNC3)cc12. The van der Waals surface area contributed by atoms with E-state index < -0.39 is 0 Å². The standard InChI is InChI=1S/C22H22FNO2/c1-13-10-20-19(11-18(13)16-4-3-9-24-12-16)21(14(2)25)22(26-20)15-5-7-17(23)8-6-15/h5-8,10-11,16,24H,3-4,9,12H2,1-2H3. The number of benzene rings is 2. The molecule has 0 amide bonds. The number of rotatable bonds is 3. The Kier molecular flexibility index (Phi) is 4.37. The number of furan rings is 1. The van der Waals surface area contributed by atoms with Gasteiger partial charge < -0.3 is 9.73 Å². The van der Waals surface area contributed by atoms with E-state index >= 15 is 0 Å². The van der Waals surface area contributed by atoms with Gasteiger partial charge in [-0.25, -0.2) is 4.39 Å². The van der Waals surface area contributed by atoms with Crippen molar-refractivity contribution in [3.63, 3.8) is 0 Å². The number of ketones is 1. The minimum atomic E-state index is -0.308. The van der Waals surface area contributed by atoms with Crippen LogP contribution in [-0.2, 0) is 0 Å². The van der Waals surface area contributed by atoms with Crippen molar-refractivity contribution in [2.24, 2.45) is 0 Å². The quantitative estimate of drug-likeness (QED) is 0.658. The molecule has 1 aliphatic heterocycles. The van der Waals surface area contributed by atoms with E-state index in [2.05, 4.69) is 18.3 Å². The van der Waals surface area contributed by atoms with Crippen molar-refractivity contribution >= 4 is 16.8 Å². The van der Waals surface area contributed by atoms with Crippen LogP contribution in [0.4, 0.5) is 4.39 Å². The summed E-state index contributed by atoms with van der Waals surface area (Å²) in [5.74, 6) is 0.625. The molecular formula is C22H22FNO2. The van der Waals surface area contributed by atoms with Crippen molar-refractivity contribution in [1.29, 1.82) is 0 Å². The summed E-state index contributed by atoms with van der Waals surface area (Å²) >= 11 is 0. The predicted octanol–water partition coefficient (Wildman–Crippen LogP) is 5.22. The summed E-state index contributed by atoms with van der Waals surface area (Å²) in [6.45, 7) is 5.68. The molecule has 2 heterocycles. The molecule has 1 aromatic heterocycles. The molecule has 3 nitrogen and oxygen atoms in total. The number of fused-ring (bicyclic) bond motifs is 1. The van der Waals surface area contributed by atoms with Gasteiger partial charge in [0.15, 0.2) is 5.78 Å². The summed E-state index contributed by atoms with van der Waals surface area (Å²) in [4.78, 5) is 12.4. The van der Waals surface area contributed by atoms with Gasteiger partial charge in [-0.3, -0.25) is 4.79 Å². The van der Waals surface area contributed by atoms with E-state index in [1.807, 2.05) is 6.07 Å². The monoisotopic (exact) mass is 351 g/mol. The van der Waals surface area contributed by atoms with Crippen LogP contribution in [0.5, 0.6) is 0 Å². The highest BCUT2D eigenvalue weighted by Crippen LogP contribution is 2.37. The van der Waals surface area contributed by atoms with Gasteiger partial charge in [-0.2, -0.15) is 0 Å². The van der Waals surface area contributed by atoms with Crippen molar-refractivity contribution in [2.45, 2.75) is 32.6 Å². The third-order valence-electron chi connectivity index (χ3n) is 5.27. The van der Waals surface area contributed by atoms with Crippen LogP contribution in [0.2, 0.25) is 0 Å². The number of halogens is 1. The average molecular weight is 351 g/mol. The Morgan fingerprint density at radius 1 is 1.23 bits per heavy atom. The highest BCUT2D eigenvalue weighted by atomic mass is 19.1. The second-order valence-corrected chi connectivity index (χ2v) is 7.12. The van der Waals surface area contributed by atoms with E-state index in [0.29, 0.717) is 28.4 Å². The number of carbonyl (C=O) groups excluding carboxylic acids is 1. The Morgan fingerprint density at radius 2 is 2.00 bits per heavy atom. The number of piperidine rings is 1. The summed E-state index contributed by atoms with van der Waals surface area (Å²) in [6.07, 6.45) is 2.31. The van der Waals surface area contributed by atoms with Gasteiger partial charge in [-0.1, -0.05) is 0 Å². The van der Waals surface area contributed by atoms with E-state index in [1.54, 1.807) is 19.1 Å². The number of nitrogens with one attached hydrogen (secondary N) is 1. The first-order valence-corrected chi connectivity index (χ1v) is 9.09. The van der Waals surface area contributed by atoms with Gasteiger partial charge in [-0.15, -0.1) is 0 Å². The molecule has 4 rings (SSSR count). The fourth-order valence-corrected chi connectivity index (χ4v) is 3.97. The second-order valence-electron chi connectivity index (χ2n) is 7.12. The fraction of sp³-hybridized carbons (Fsp3) is 0.318. The van der Waals surface area contributed by atoms with Crippen LogP contribution in [0.25, 0.3) is 22.3 Å².